The lowest BCUT2D eigenvalue weighted by Gasteiger charge is -2.51. The molecule has 1 nitrogen and oxygen atoms in total. The zero-order valence-corrected chi connectivity index (χ0v) is 12.7. The normalized spacial score (nSPS) is 42.7. The molecular formula is C19H26O. The summed E-state index contributed by atoms with van der Waals surface area (Å²) in [6, 6.07) is 6.13. The molecule has 0 saturated heterocycles. The van der Waals surface area contributed by atoms with Crippen molar-refractivity contribution in [3.63, 3.8) is 0 Å². The molecule has 3 aliphatic rings. The first-order chi connectivity index (χ1) is 9.58. The average Bonchev–Trinajstić information content (AvgIpc) is 2.79. The number of fused-ring (bicyclic) bond motifs is 5. The molecule has 20 heavy (non-hydrogen) atoms. The topological polar surface area (TPSA) is 20.2 Å². The minimum absolute atomic E-state index is 0.441. The molecule has 3 unspecified atom stereocenters. The summed E-state index contributed by atoms with van der Waals surface area (Å²) >= 11 is 0. The summed E-state index contributed by atoms with van der Waals surface area (Å²) in [7, 11) is 0. The predicted molar refractivity (Wildman–Crippen MR) is 81.9 cm³/mol. The summed E-state index contributed by atoms with van der Waals surface area (Å²) < 4.78 is 0. The van der Waals surface area contributed by atoms with E-state index in [2.05, 4.69) is 19.9 Å². The lowest BCUT2D eigenvalue weighted by Crippen LogP contribution is -2.43. The summed E-state index contributed by atoms with van der Waals surface area (Å²) in [5.74, 6) is 3.80. The fourth-order valence-corrected chi connectivity index (χ4v) is 5.95. The zero-order valence-electron chi connectivity index (χ0n) is 12.7. The molecule has 4 rings (SSSR count). The van der Waals surface area contributed by atoms with Gasteiger partial charge in [-0.05, 0) is 84.5 Å². The summed E-state index contributed by atoms with van der Waals surface area (Å²) in [5.41, 5.74) is 3.60. The van der Waals surface area contributed by atoms with Crippen LogP contribution in [-0.2, 0) is 6.42 Å². The SMILES string of the molecule is C[C@@H]1Cc2cc(O)ccc2C2CC[C@]3(C)CCCC3C21. The van der Waals surface area contributed by atoms with Crippen LogP contribution >= 0.6 is 0 Å². The Balaban J connectivity index is 1.77. The van der Waals surface area contributed by atoms with E-state index in [1.807, 2.05) is 12.1 Å². The van der Waals surface area contributed by atoms with Gasteiger partial charge in [-0.1, -0.05) is 26.3 Å². The molecule has 1 heteroatoms. The van der Waals surface area contributed by atoms with Crippen molar-refractivity contribution in [1.29, 1.82) is 0 Å². The molecule has 0 aliphatic heterocycles. The van der Waals surface area contributed by atoms with Crippen LogP contribution in [0, 0.1) is 23.2 Å². The zero-order chi connectivity index (χ0) is 13.9. The molecule has 2 saturated carbocycles. The Bertz CT molecular complexity index is 535. The Hall–Kier alpha value is -0.980. The fourth-order valence-electron chi connectivity index (χ4n) is 5.95. The summed E-state index contributed by atoms with van der Waals surface area (Å²) in [6.07, 6.45) is 8.29. The third-order valence-electron chi connectivity index (χ3n) is 6.84. The van der Waals surface area contributed by atoms with Crippen LogP contribution in [0.25, 0.3) is 0 Å². The number of hydrogen-bond donors (Lipinski definition) is 1. The second-order valence-corrected chi connectivity index (χ2v) is 7.94. The first kappa shape index (κ1) is 12.7. The van der Waals surface area contributed by atoms with E-state index in [-0.39, 0.29) is 0 Å². The Morgan fingerprint density at radius 3 is 2.90 bits per heavy atom. The highest BCUT2D eigenvalue weighted by molar-refractivity contribution is 5.40. The van der Waals surface area contributed by atoms with Crippen molar-refractivity contribution in [2.24, 2.45) is 23.2 Å². The average molecular weight is 270 g/mol. The number of benzene rings is 1. The standard InChI is InChI=1S/C19H26O/c1-12-10-13-11-14(20)5-6-15(13)16-7-9-19(2)8-3-4-17(19)18(12)16/h5-6,11-12,16-18,20H,3-4,7-10H2,1-2H3/t12-,16?,17?,18?,19+/m1/s1. The quantitative estimate of drug-likeness (QED) is 0.712. The predicted octanol–water partition coefficient (Wildman–Crippen LogP) is 4.88. The molecule has 3 aliphatic carbocycles. The van der Waals surface area contributed by atoms with Crippen LogP contribution in [0.1, 0.15) is 63.0 Å². The molecule has 0 spiro atoms. The first-order valence-corrected chi connectivity index (χ1v) is 8.40. The van der Waals surface area contributed by atoms with Gasteiger partial charge in [0.15, 0.2) is 0 Å². The Kier molecular flexibility index (Phi) is 2.71. The van der Waals surface area contributed by atoms with E-state index < -0.39 is 0 Å². The lowest BCUT2D eigenvalue weighted by atomic mass is 9.53. The van der Waals surface area contributed by atoms with Crippen LogP contribution in [-0.4, -0.2) is 5.11 Å². The van der Waals surface area contributed by atoms with Crippen LogP contribution in [0.15, 0.2) is 18.2 Å². The van der Waals surface area contributed by atoms with Gasteiger partial charge in [0.25, 0.3) is 0 Å². The Labute approximate surface area is 122 Å². The monoisotopic (exact) mass is 270 g/mol. The van der Waals surface area contributed by atoms with Crippen molar-refractivity contribution in [3.05, 3.63) is 29.3 Å². The van der Waals surface area contributed by atoms with Crippen LogP contribution in [0.5, 0.6) is 5.75 Å². The number of aromatic hydroxyl groups is 1. The number of phenols is 1. The van der Waals surface area contributed by atoms with Gasteiger partial charge in [0.1, 0.15) is 5.75 Å². The van der Waals surface area contributed by atoms with E-state index in [4.69, 9.17) is 0 Å². The smallest absolute Gasteiger partial charge is 0.115 e. The van der Waals surface area contributed by atoms with Gasteiger partial charge in [0.05, 0.1) is 0 Å². The van der Waals surface area contributed by atoms with Gasteiger partial charge >= 0.3 is 0 Å². The third kappa shape index (κ3) is 1.68. The largest absolute Gasteiger partial charge is 0.508 e. The van der Waals surface area contributed by atoms with Gasteiger partial charge in [-0.15, -0.1) is 0 Å². The molecule has 1 N–H and O–H groups in total. The highest BCUT2D eigenvalue weighted by Gasteiger charge is 2.52. The van der Waals surface area contributed by atoms with Crippen molar-refractivity contribution in [2.45, 2.75) is 58.3 Å². The van der Waals surface area contributed by atoms with Gasteiger partial charge in [0, 0.05) is 0 Å². The van der Waals surface area contributed by atoms with E-state index in [1.165, 1.54) is 37.7 Å². The number of rotatable bonds is 0. The lowest BCUT2D eigenvalue weighted by molar-refractivity contribution is 0.0314. The molecule has 108 valence electrons. The van der Waals surface area contributed by atoms with Crippen molar-refractivity contribution in [2.75, 3.05) is 0 Å². The maximum atomic E-state index is 9.76. The van der Waals surface area contributed by atoms with E-state index in [1.54, 1.807) is 5.56 Å². The Morgan fingerprint density at radius 2 is 2.05 bits per heavy atom. The van der Waals surface area contributed by atoms with E-state index >= 15 is 0 Å². The minimum Gasteiger partial charge on any atom is -0.508 e. The van der Waals surface area contributed by atoms with Gasteiger partial charge in [0.2, 0.25) is 0 Å². The molecule has 0 radical (unpaired) electrons. The second-order valence-electron chi connectivity index (χ2n) is 7.94. The van der Waals surface area contributed by atoms with Gasteiger partial charge < -0.3 is 5.11 Å². The van der Waals surface area contributed by atoms with E-state index in [0.29, 0.717) is 11.2 Å². The first-order valence-electron chi connectivity index (χ1n) is 8.40. The maximum absolute atomic E-state index is 9.76. The highest BCUT2D eigenvalue weighted by atomic mass is 16.3. The number of phenolic OH excluding ortho intramolecular Hbond substituents is 1. The van der Waals surface area contributed by atoms with Crippen LogP contribution < -0.4 is 0 Å². The summed E-state index contributed by atoms with van der Waals surface area (Å²) in [6.45, 7) is 5.01. The van der Waals surface area contributed by atoms with Crippen LogP contribution in [0.3, 0.4) is 0 Å². The van der Waals surface area contributed by atoms with Crippen molar-refractivity contribution >= 4 is 0 Å². The highest BCUT2D eigenvalue weighted by Crippen LogP contribution is 2.62. The maximum Gasteiger partial charge on any atom is 0.115 e. The van der Waals surface area contributed by atoms with Gasteiger partial charge in [-0.3, -0.25) is 0 Å². The van der Waals surface area contributed by atoms with Crippen molar-refractivity contribution < 1.29 is 5.11 Å². The fraction of sp³-hybridized carbons (Fsp3) is 0.684. The van der Waals surface area contributed by atoms with Crippen molar-refractivity contribution in [1.82, 2.24) is 0 Å². The second kappa shape index (κ2) is 4.26. The molecule has 1 aromatic rings. The van der Waals surface area contributed by atoms with Crippen molar-refractivity contribution in [3.8, 4) is 5.75 Å². The molecule has 5 atom stereocenters. The van der Waals surface area contributed by atoms with Crippen LogP contribution in [0.4, 0.5) is 0 Å². The van der Waals surface area contributed by atoms with E-state index in [9.17, 15) is 5.11 Å². The molecule has 0 bridgehead atoms. The summed E-state index contributed by atoms with van der Waals surface area (Å²) in [4.78, 5) is 0. The molecule has 0 aromatic heterocycles. The van der Waals surface area contributed by atoms with Crippen LogP contribution in [0.2, 0.25) is 0 Å². The van der Waals surface area contributed by atoms with Gasteiger partial charge in [-0.2, -0.15) is 0 Å². The van der Waals surface area contributed by atoms with Gasteiger partial charge in [-0.25, -0.2) is 0 Å². The molecule has 0 heterocycles. The van der Waals surface area contributed by atoms with E-state index in [0.717, 1.165) is 30.1 Å². The minimum atomic E-state index is 0.441. The molecule has 1 aromatic carbocycles. The molecule has 0 amide bonds. The molecule has 2 fully saturated rings. The Morgan fingerprint density at radius 1 is 1.20 bits per heavy atom. The molecular weight excluding hydrogens is 244 g/mol. The summed E-state index contributed by atoms with van der Waals surface area (Å²) in [5, 5.41) is 9.76. The number of hydrogen-bond acceptors (Lipinski definition) is 1. The third-order valence-corrected chi connectivity index (χ3v) is 6.84.